The lowest BCUT2D eigenvalue weighted by Crippen LogP contribution is -2.44. The molecule has 0 unspecified atom stereocenters. The van der Waals surface area contributed by atoms with E-state index >= 15 is 0 Å². The summed E-state index contributed by atoms with van der Waals surface area (Å²) >= 11 is 0. The van der Waals surface area contributed by atoms with Gasteiger partial charge in [-0.15, -0.1) is 0 Å². The minimum atomic E-state index is 0.0581. The fourth-order valence-corrected chi connectivity index (χ4v) is 6.17. The molecule has 5 aromatic rings. The van der Waals surface area contributed by atoms with Crippen molar-refractivity contribution < 1.29 is 0 Å². The van der Waals surface area contributed by atoms with E-state index in [1.807, 2.05) is 35.2 Å². The van der Waals surface area contributed by atoms with Crippen molar-refractivity contribution in [2.24, 2.45) is 11.1 Å². The molecule has 0 saturated carbocycles. The van der Waals surface area contributed by atoms with Gasteiger partial charge in [0.1, 0.15) is 5.52 Å². The number of pyridine rings is 2. The number of rotatable bonds is 2. The SMILES string of the molecule is Cc1nc(N2CCC3(CC2)Cc2ncccc2[C@H]3N)c2ccnn2c1-c1ccc2ncccc2c1. The number of nitrogens with two attached hydrogens (primary N) is 1. The Morgan fingerprint density at radius 1 is 0.971 bits per heavy atom. The Morgan fingerprint density at radius 2 is 1.80 bits per heavy atom. The van der Waals surface area contributed by atoms with Gasteiger partial charge in [0.15, 0.2) is 5.82 Å². The van der Waals surface area contributed by atoms with Gasteiger partial charge in [-0.3, -0.25) is 9.97 Å². The second kappa shape index (κ2) is 7.58. The van der Waals surface area contributed by atoms with Gasteiger partial charge in [0.25, 0.3) is 0 Å². The molecule has 7 rings (SSSR count). The van der Waals surface area contributed by atoms with E-state index in [1.165, 1.54) is 11.3 Å². The topological polar surface area (TPSA) is 85.2 Å². The van der Waals surface area contributed by atoms with Gasteiger partial charge in [0.2, 0.25) is 0 Å². The average Bonchev–Trinajstić information content (AvgIpc) is 3.47. The molecule has 5 heterocycles. The van der Waals surface area contributed by atoms with Gasteiger partial charge in [0.05, 0.1) is 23.1 Å². The summed E-state index contributed by atoms with van der Waals surface area (Å²) in [5.41, 5.74) is 14.4. The van der Waals surface area contributed by atoms with Crippen LogP contribution in [0.4, 0.5) is 5.82 Å². The molecule has 1 aliphatic heterocycles. The molecule has 2 N–H and O–H groups in total. The third-order valence-corrected chi connectivity index (χ3v) is 8.07. The second-order valence-electron chi connectivity index (χ2n) is 9.95. The van der Waals surface area contributed by atoms with Crippen molar-refractivity contribution in [1.29, 1.82) is 0 Å². The molecule has 1 aliphatic carbocycles. The number of anilines is 1. The molecule has 4 aromatic heterocycles. The first-order valence-corrected chi connectivity index (χ1v) is 12.3. The summed E-state index contributed by atoms with van der Waals surface area (Å²) < 4.78 is 2.04. The van der Waals surface area contributed by atoms with Crippen LogP contribution >= 0.6 is 0 Å². The Labute approximate surface area is 203 Å². The number of benzene rings is 1. The second-order valence-corrected chi connectivity index (χ2v) is 9.95. The lowest BCUT2D eigenvalue weighted by atomic mass is 9.73. The monoisotopic (exact) mass is 461 g/mol. The molecule has 7 heteroatoms. The highest BCUT2D eigenvalue weighted by atomic mass is 15.3. The summed E-state index contributed by atoms with van der Waals surface area (Å²) in [7, 11) is 0. The largest absolute Gasteiger partial charge is 0.355 e. The standard InChI is InChI=1S/C28H27N7/c1-18-25(20-6-7-22-19(16-20)4-2-11-30-22)35-24(8-13-32-35)27(33-18)34-14-9-28(10-15-34)17-23-21(26(28)29)5-3-12-31-23/h2-8,11-13,16,26H,9-10,14-15,17,29H2,1H3/t26-/m1/s1. The van der Waals surface area contributed by atoms with Gasteiger partial charge in [-0.05, 0) is 67.5 Å². The fraction of sp³-hybridized carbons (Fsp3) is 0.286. The Hall–Kier alpha value is -3.84. The molecule has 0 bridgehead atoms. The molecule has 1 saturated heterocycles. The summed E-state index contributed by atoms with van der Waals surface area (Å²) in [5.74, 6) is 1.00. The van der Waals surface area contributed by atoms with Crippen LogP contribution in [0.2, 0.25) is 0 Å². The highest BCUT2D eigenvalue weighted by Gasteiger charge is 2.46. The van der Waals surface area contributed by atoms with Crippen molar-refractivity contribution in [3.05, 3.63) is 84.1 Å². The molecular weight excluding hydrogens is 434 g/mol. The third kappa shape index (κ3) is 3.08. The van der Waals surface area contributed by atoms with Gasteiger partial charge in [-0.2, -0.15) is 5.10 Å². The Bertz CT molecular complexity index is 1580. The summed E-state index contributed by atoms with van der Waals surface area (Å²) in [6.07, 6.45) is 8.62. The predicted molar refractivity (Wildman–Crippen MR) is 137 cm³/mol. The van der Waals surface area contributed by atoms with Crippen LogP contribution in [0.25, 0.3) is 27.7 Å². The molecule has 35 heavy (non-hydrogen) atoms. The molecule has 1 atom stereocenters. The molecule has 0 amide bonds. The molecule has 2 aliphatic rings. The van der Waals surface area contributed by atoms with Crippen LogP contribution in [0.3, 0.4) is 0 Å². The van der Waals surface area contributed by atoms with Crippen LogP contribution in [-0.2, 0) is 6.42 Å². The van der Waals surface area contributed by atoms with E-state index in [2.05, 4.69) is 58.2 Å². The van der Waals surface area contributed by atoms with Crippen LogP contribution in [0.1, 0.15) is 35.8 Å². The molecule has 0 radical (unpaired) electrons. The van der Waals surface area contributed by atoms with E-state index in [4.69, 9.17) is 15.8 Å². The van der Waals surface area contributed by atoms with E-state index in [9.17, 15) is 0 Å². The van der Waals surface area contributed by atoms with Crippen LogP contribution < -0.4 is 10.6 Å². The van der Waals surface area contributed by atoms with E-state index in [0.29, 0.717) is 0 Å². The Balaban J connectivity index is 1.23. The highest BCUT2D eigenvalue weighted by molar-refractivity contribution is 5.85. The van der Waals surface area contributed by atoms with Crippen molar-refractivity contribution in [3.63, 3.8) is 0 Å². The van der Waals surface area contributed by atoms with E-state index in [0.717, 1.165) is 71.5 Å². The van der Waals surface area contributed by atoms with Crippen molar-refractivity contribution in [3.8, 4) is 11.3 Å². The van der Waals surface area contributed by atoms with Gasteiger partial charge < -0.3 is 10.6 Å². The number of hydrogen-bond acceptors (Lipinski definition) is 6. The summed E-state index contributed by atoms with van der Waals surface area (Å²) in [6, 6.07) is 16.7. The summed E-state index contributed by atoms with van der Waals surface area (Å²) in [5, 5.41) is 5.82. The number of aromatic nitrogens is 5. The minimum Gasteiger partial charge on any atom is -0.355 e. The first-order valence-electron chi connectivity index (χ1n) is 12.3. The lowest BCUT2D eigenvalue weighted by Gasteiger charge is -2.42. The molecule has 174 valence electrons. The van der Waals surface area contributed by atoms with E-state index in [-0.39, 0.29) is 11.5 Å². The van der Waals surface area contributed by atoms with Crippen molar-refractivity contribution in [2.45, 2.75) is 32.2 Å². The van der Waals surface area contributed by atoms with Gasteiger partial charge in [-0.25, -0.2) is 9.50 Å². The average molecular weight is 462 g/mol. The first kappa shape index (κ1) is 20.5. The number of aryl methyl sites for hydroxylation is 1. The third-order valence-electron chi connectivity index (χ3n) is 8.07. The normalized spacial score (nSPS) is 19.0. The van der Waals surface area contributed by atoms with E-state index < -0.39 is 0 Å². The maximum absolute atomic E-state index is 6.77. The maximum Gasteiger partial charge on any atom is 0.155 e. The lowest BCUT2D eigenvalue weighted by molar-refractivity contribution is 0.187. The quantitative estimate of drug-likeness (QED) is 0.417. The minimum absolute atomic E-state index is 0.0581. The van der Waals surface area contributed by atoms with Gasteiger partial charge >= 0.3 is 0 Å². The van der Waals surface area contributed by atoms with E-state index in [1.54, 1.807) is 0 Å². The first-order chi connectivity index (χ1) is 17.1. The molecule has 1 spiro atoms. The Morgan fingerprint density at radius 3 is 2.66 bits per heavy atom. The Kier molecular flexibility index (Phi) is 4.45. The van der Waals surface area contributed by atoms with Crippen molar-refractivity contribution >= 4 is 22.2 Å². The zero-order valence-electron chi connectivity index (χ0n) is 19.7. The molecule has 1 fully saturated rings. The van der Waals surface area contributed by atoms with Crippen LogP contribution in [0.15, 0.2) is 67.1 Å². The smallest absolute Gasteiger partial charge is 0.155 e. The maximum atomic E-state index is 6.77. The zero-order chi connectivity index (χ0) is 23.6. The number of hydrogen-bond donors (Lipinski definition) is 1. The van der Waals surface area contributed by atoms with Crippen LogP contribution in [-0.4, -0.2) is 37.7 Å². The highest BCUT2D eigenvalue weighted by Crippen LogP contribution is 2.50. The molecule has 7 nitrogen and oxygen atoms in total. The zero-order valence-corrected chi connectivity index (χ0v) is 19.7. The summed E-state index contributed by atoms with van der Waals surface area (Å²) in [4.78, 5) is 16.6. The van der Waals surface area contributed by atoms with Crippen molar-refractivity contribution in [2.75, 3.05) is 18.0 Å². The van der Waals surface area contributed by atoms with Crippen LogP contribution in [0.5, 0.6) is 0 Å². The summed E-state index contributed by atoms with van der Waals surface area (Å²) in [6.45, 7) is 3.93. The van der Waals surface area contributed by atoms with Gasteiger partial charge in [-0.1, -0.05) is 18.2 Å². The predicted octanol–water partition coefficient (Wildman–Crippen LogP) is 4.49. The fourth-order valence-electron chi connectivity index (χ4n) is 6.17. The number of piperidine rings is 1. The number of nitrogens with zero attached hydrogens (tertiary/aromatic N) is 6. The van der Waals surface area contributed by atoms with Crippen LogP contribution in [0, 0.1) is 12.3 Å². The molecule has 1 aromatic carbocycles. The molecular formula is C28H27N7. The number of fused-ring (bicyclic) bond motifs is 3. The van der Waals surface area contributed by atoms with Gasteiger partial charge in [0, 0.05) is 48.2 Å². The van der Waals surface area contributed by atoms with Crippen molar-refractivity contribution in [1.82, 2.24) is 24.6 Å².